The molecule has 0 radical (unpaired) electrons. The van der Waals surface area contributed by atoms with Crippen LogP contribution in [0.2, 0.25) is 0 Å². The zero-order chi connectivity index (χ0) is 13.7. The van der Waals surface area contributed by atoms with Crippen molar-refractivity contribution in [2.24, 2.45) is 0 Å². The molecule has 7 nitrogen and oxygen atoms in total. The Bertz CT molecular complexity index is 461. The van der Waals surface area contributed by atoms with Crippen LogP contribution in [0.1, 0.15) is 10.4 Å². The normalized spacial score (nSPS) is 11.7. The molecule has 0 aromatic heterocycles. The number of ether oxygens (including phenoxy) is 1. The number of hydrogen-bond acceptors (Lipinski definition) is 5. The smallest absolute Gasteiger partial charge is 0.328 e. The number of benzene rings is 1. The largest absolute Gasteiger partial charge is 0.496 e. The lowest BCUT2D eigenvalue weighted by Crippen LogP contribution is -2.43. The number of carboxylic acids is 1. The maximum absolute atomic E-state index is 11.8. The van der Waals surface area contributed by atoms with Crippen molar-refractivity contribution in [1.82, 2.24) is 5.32 Å². The third-order valence-corrected chi connectivity index (χ3v) is 2.26. The van der Waals surface area contributed by atoms with Crippen molar-refractivity contribution in [1.29, 1.82) is 0 Å². The summed E-state index contributed by atoms with van der Waals surface area (Å²) in [4.78, 5) is 22.5. The molecule has 0 bridgehead atoms. The summed E-state index contributed by atoms with van der Waals surface area (Å²) in [5.74, 6) is -1.75. The third-order valence-electron chi connectivity index (χ3n) is 2.26. The quantitative estimate of drug-likeness (QED) is 0.523. The number of nitrogen functional groups attached to an aromatic ring is 1. The summed E-state index contributed by atoms with van der Waals surface area (Å²) in [6.07, 6.45) is 0. The fourth-order valence-electron chi connectivity index (χ4n) is 1.32. The minimum Gasteiger partial charge on any atom is -0.496 e. The number of amides is 1. The van der Waals surface area contributed by atoms with Gasteiger partial charge in [0.25, 0.3) is 5.91 Å². The Morgan fingerprint density at radius 3 is 2.67 bits per heavy atom. The van der Waals surface area contributed by atoms with Crippen molar-refractivity contribution in [3.63, 3.8) is 0 Å². The number of anilines is 1. The standard InChI is InChI=1S/C11H14N2O5/c1-18-9-4-6(12)2-3-7(9)10(15)13-8(5-14)11(16)17/h2-4,8,14H,5,12H2,1H3,(H,13,15)(H,16,17). The number of aliphatic hydroxyl groups excluding tert-OH is 1. The Morgan fingerprint density at radius 1 is 1.50 bits per heavy atom. The molecule has 0 fully saturated rings. The molecule has 0 aliphatic heterocycles. The molecule has 0 aliphatic rings. The van der Waals surface area contributed by atoms with Gasteiger partial charge in [0, 0.05) is 11.8 Å². The molecule has 0 spiro atoms. The van der Waals surface area contributed by atoms with Crippen LogP contribution in [-0.4, -0.2) is 41.8 Å². The molecule has 1 aromatic rings. The van der Waals surface area contributed by atoms with Gasteiger partial charge in [-0.2, -0.15) is 0 Å². The molecule has 5 N–H and O–H groups in total. The van der Waals surface area contributed by atoms with E-state index in [0.717, 1.165) is 0 Å². The molecule has 1 unspecified atom stereocenters. The van der Waals surface area contributed by atoms with E-state index in [1.54, 1.807) is 0 Å². The van der Waals surface area contributed by atoms with Crippen molar-refractivity contribution in [2.75, 3.05) is 19.5 Å². The van der Waals surface area contributed by atoms with Crippen LogP contribution in [0.3, 0.4) is 0 Å². The van der Waals surface area contributed by atoms with Crippen LogP contribution in [0.15, 0.2) is 18.2 Å². The first-order valence-electron chi connectivity index (χ1n) is 5.07. The Balaban J connectivity index is 2.93. The highest BCUT2D eigenvalue weighted by atomic mass is 16.5. The van der Waals surface area contributed by atoms with Gasteiger partial charge >= 0.3 is 5.97 Å². The van der Waals surface area contributed by atoms with Crippen LogP contribution in [0.5, 0.6) is 5.75 Å². The lowest BCUT2D eigenvalue weighted by Gasteiger charge is -2.13. The number of carboxylic acid groups (broad SMARTS) is 1. The Kier molecular flexibility index (Phi) is 4.50. The Hall–Kier alpha value is -2.28. The topological polar surface area (TPSA) is 122 Å². The van der Waals surface area contributed by atoms with Crippen LogP contribution in [0.4, 0.5) is 5.69 Å². The average molecular weight is 254 g/mol. The molecule has 0 heterocycles. The molecule has 98 valence electrons. The zero-order valence-corrected chi connectivity index (χ0v) is 9.71. The second kappa shape index (κ2) is 5.87. The van der Waals surface area contributed by atoms with Crippen LogP contribution in [0.25, 0.3) is 0 Å². The van der Waals surface area contributed by atoms with Gasteiger partial charge in [-0.15, -0.1) is 0 Å². The van der Waals surface area contributed by atoms with Crippen molar-refractivity contribution >= 4 is 17.6 Å². The maximum atomic E-state index is 11.8. The van der Waals surface area contributed by atoms with E-state index in [-0.39, 0.29) is 11.3 Å². The summed E-state index contributed by atoms with van der Waals surface area (Å²) in [5.41, 5.74) is 6.09. The summed E-state index contributed by atoms with van der Waals surface area (Å²) in [7, 11) is 1.37. The summed E-state index contributed by atoms with van der Waals surface area (Å²) in [6, 6.07) is 3.00. The maximum Gasteiger partial charge on any atom is 0.328 e. The number of methoxy groups -OCH3 is 1. The van der Waals surface area contributed by atoms with Gasteiger partial charge in [-0.25, -0.2) is 4.79 Å². The lowest BCUT2D eigenvalue weighted by atomic mass is 10.1. The number of carbonyl (C=O) groups excluding carboxylic acids is 1. The van der Waals surface area contributed by atoms with E-state index in [0.29, 0.717) is 5.69 Å². The van der Waals surface area contributed by atoms with Gasteiger partial charge in [-0.1, -0.05) is 0 Å². The highest BCUT2D eigenvalue weighted by Gasteiger charge is 2.21. The highest BCUT2D eigenvalue weighted by molar-refractivity contribution is 5.99. The van der Waals surface area contributed by atoms with Gasteiger partial charge in [-0.3, -0.25) is 4.79 Å². The van der Waals surface area contributed by atoms with Crippen molar-refractivity contribution in [3.8, 4) is 5.75 Å². The van der Waals surface area contributed by atoms with Gasteiger partial charge < -0.3 is 26.0 Å². The number of nitrogens with two attached hydrogens (primary N) is 1. The fraction of sp³-hybridized carbons (Fsp3) is 0.273. The molecular weight excluding hydrogens is 240 g/mol. The third kappa shape index (κ3) is 3.11. The number of rotatable bonds is 5. The fourth-order valence-corrected chi connectivity index (χ4v) is 1.32. The van der Waals surface area contributed by atoms with Crippen LogP contribution >= 0.6 is 0 Å². The lowest BCUT2D eigenvalue weighted by molar-refractivity contribution is -0.140. The monoisotopic (exact) mass is 254 g/mol. The molecule has 0 aliphatic carbocycles. The predicted molar refractivity (Wildman–Crippen MR) is 63.4 cm³/mol. The molecule has 0 saturated carbocycles. The van der Waals surface area contributed by atoms with Gasteiger partial charge in [0.15, 0.2) is 6.04 Å². The van der Waals surface area contributed by atoms with Gasteiger partial charge in [0.05, 0.1) is 19.3 Å². The molecular formula is C11H14N2O5. The second-order valence-corrected chi connectivity index (χ2v) is 3.51. The van der Waals surface area contributed by atoms with E-state index in [1.807, 2.05) is 0 Å². The van der Waals surface area contributed by atoms with Gasteiger partial charge in [-0.05, 0) is 12.1 Å². The van der Waals surface area contributed by atoms with E-state index in [9.17, 15) is 9.59 Å². The van der Waals surface area contributed by atoms with Crippen LogP contribution < -0.4 is 15.8 Å². The highest BCUT2D eigenvalue weighted by Crippen LogP contribution is 2.21. The molecule has 1 atom stereocenters. The second-order valence-electron chi connectivity index (χ2n) is 3.51. The van der Waals surface area contributed by atoms with Crippen molar-refractivity contribution < 1.29 is 24.5 Å². The minimum absolute atomic E-state index is 0.145. The van der Waals surface area contributed by atoms with Crippen molar-refractivity contribution in [2.45, 2.75) is 6.04 Å². The number of nitrogens with one attached hydrogen (secondary N) is 1. The number of aliphatic hydroxyl groups is 1. The first kappa shape index (κ1) is 13.8. The number of hydrogen-bond donors (Lipinski definition) is 4. The van der Waals surface area contributed by atoms with Gasteiger partial charge in [0.2, 0.25) is 0 Å². The molecule has 18 heavy (non-hydrogen) atoms. The van der Waals surface area contributed by atoms with E-state index in [1.165, 1.54) is 25.3 Å². The minimum atomic E-state index is -1.36. The van der Waals surface area contributed by atoms with Crippen LogP contribution in [0, 0.1) is 0 Å². The number of carbonyl (C=O) groups is 2. The average Bonchev–Trinajstić information content (AvgIpc) is 2.34. The summed E-state index contributed by atoms with van der Waals surface area (Å²) < 4.78 is 4.97. The van der Waals surface area contributed by atoms with Crippen molar-refractivity contribution in [3.05, 3.63) is 23.8 Å². The molecule has 1 aromatic carbocycles. The zero-order valence-electron chi connectivity index (χ0n) is 9.71. The SMILES string of the molecule is COc1cc(N)ccc1C(=O)NC(CO)C(=O)O. The molecule has 0 saturated heterocycles. The molecule has 1 amide bonds. The van der Waals surface area contributed by atoms with Gasteiger partial charge in [0.1, 0.15) is 5.75 Å². The number of aliphatic carboxylic acids is 1. The van der Waals surface area contributed by atoms with E-state index in [2.05, 4.69) is 5.32 Å². The van der Waals surface area contributed by atoms with E-state index >= 15 is 0 Å². The first-order valence-corrected chi connectivity index (χ1v) is 5.07. The van der Waals surface area contributed by atoms with E-state index in [4.69, 9.17) is 20.7 Å². The molecule has 1 rings (SSSR count). The summed E-state index contributed by atoms with van der Waals surface area (Å²) in [5, 5.41) is 19.7. The Morgan fingerprint density at radius 2 is 2.17 bits per heavy atom. The first-order chi connectivity index (χ1) is 8.49. The summed E-state index contributed by atoms with van der Waals surface area (Å²) >= 11 is 0. The summed E-state index contributed by atoms with van der Waals surface area (Å²) in [6.45, 7) is -0.696. The van der Waals surface area contributed by atoms with Crippen LogP contribution in [-0.2, 0) is 4.79 Å². The Labute approximate surface area is 103 Å². The predicted octanol–water partition coefficient (Wildman–Crippen LogP) is -0.547. The molecule has 7 heteroatoms. The van der Waals surface area contributed by atoms with E-state index < -0.39 is 24.5 Å².